The van der Waals surface area contributed by atoms with Crippen molar-refractivity contribution in [3.8, 4) is 0 Å². The van der Waals surface area contributed by atoms with Gasteiger partial charge in [0.2, 0.25) is 0 Å². The molecule has 1 saturated heterocycles. The molecule has 7 heteroatoms. The molecule has 1 aliphatic heterocycles. The molecule has 0 radical (unpaired) electrons. The van der Waals surface area contributed by atoms with Crippen LogP contribution in [0.4, 0.5) is 0 Å². The van der Waals surface area contributed by atoms with E-state index in [1.165, 1.54) is 12.5 Å². The molecule has 5 aliphatic rings. The second kappa shape index (κ2) is 10.6. The molecular formula is C35H57NO6. The topological polar surface area (TPSA) is 108 Å². The van der Waals surface area contributed by atoms with E-state index in [4.69, 9.17) is 19.9 Å². The quantitative estimate of drug-likeness (QED) is 0.268. The zero-order valence-electron chi connectivity index (χ0n) is 27.6. The van der Waals surface area contributed by atoms with Crippen molar-refractivity contribution in [1.82, 2.24) is 0 Å². The van der Waals surface area contributed by atoms with Crippen molar-refractivity contribution in [1.29, 1.82) is 0 Å². The minimum Gasteiger partial charge on any atom is -0.481 e. The summed E-state index contributed by atoms with van der Waals surface area (Å²) in [5.74, 6) is -0.00283. The van der Waals surface area contributed by atoms with Crippen LogP contribution in [0.5, 0.6) is 0 Å². The Hall–Kier alpha value is -1.44. The van der Waals surface area contributed by atoms with Crippen molar-refractivity contribution in [3.05, 3.63) is 11.6 Å². The Labute approximate surface area is 253 Å². The number of carbonyl (C=O) groups is 2. The van der Waals surface area contributed by atoms with E-state index < -0.39 is 11.9 Å². The van der Waals surface area contributed by atoms with Crippen molar-refractivity contribution in [3.63, 3.8) is 0 Å². The van der Waals surface area contributed by atoms with Gasteiger partial charge >= 0.3 is 11.9 Å². The third-order valence-corrected chi connectivity index (χ3v) is 13.9. The highest BCUT2D eigenvalue weighted by molar-refractivity contribution is 5.73. The highest BCUT2D eigenvalue weighted by Gasteiger charge is 2.72. The highest BCUT2D eigenvalue weighted by atomic mass is 16.6. The van der Waals surface area contributed by atoms with E-state index in [1.54, 1.807) is 0 Å². The summed E-state index contributed by atoms with van der Waals surface area (Å²) in [6, 6.07) is -0.116. The van der Waals surface area contributed by atoms with E-state index in [0.29, 0.717) is 44.0 Å². The molecule has 7 nitrogen and oxygen atoms in total. The number of hydrogen-bond donors (Lipinski definition) is 2. The van der Waals surface area contributed by atoms with Gasteiger partial charge in [-0.15, -0.1) is 0 Å². The van der Waals surface area contributed by atoms with Gasteiger partial charge in [-0.1, -0.05) is 60.1 Å². The minimum absolute atomic E-state index is 0.116. The van der Waals surface area contributed by atoms with Crippen LogP contribution in [0, 0.1) is 56.7 Å². The summed E-state index contributed by atoms with van der Waals surface area (Å²) in [5.41, 5.74) is 6.20. The summed E-state index contributed by atoms with van der Waals surface area (Å²) >= 11 is 0. The Balaban J connectivity index is 1.60. The first-order chi connectivity index (χ1) is 19.5. The van der Waals surface area contributed by atoms with Crippen LogP contribution in [-0.2, 0) is 23.8 Å². The van der Waals surface area contributed by atoms with Gasteiger partial charge in [0.15, 0.2) is 0 Å². The molecule has 3 N–H and O–H groups in total. The molecule has 5 rings (SSSR count). The Bertz CT molecular complexity index is 1120. The Morgan fingerprint density at radius 3 is 2.36 bits per heavy atom. The molecule has 3 saturated carbocycles. The van der Waals surface area contributed by atoms with Gasteiger partial charge in [-0.25, -0.2) is 0 Å². The number of fused-ring (bicyclic) bond motifs is 3. The molecule has 0 spiro atoms. The molecule has 12 atom stereocenters. The smallest absolute Gasteiger partial charge is 0.307 e. The van der Waals surface area contributed by atoms with Crippen LogP contribution in [-0.4, -0.2) is 55.1 Å². The third kappa shape index (κ3) is 4.37. The standard InChI is InChI=1S/C35H57NO6/c1-20(2)22(4)31(6)14-15-33(8)24-10-11-27-32(7)18-40-19-35(27,25(24)12-13-34(33,9)28(31)30(38)39)16-26(42-23(5)37)29(32)41-17-21(3)36/h12,20-22,24,26-29H,10-11,13-19,36H2,1-9H3,(H,38,39)/t21?,22-,24+,26-,27?,28-,29+,31-,32?,33-,34+,35+/m1/s1. The maximum absolute atomic E-state index is 13.3. The summed E-state index contributed by atoms with van der Waals surface area (Å²) in [6.45, 7) is 21.0. The van der Waals surface area contributed by atoms with Gasteiger partial charge in [-0.3, -0.25) is 9.59 Å². The lowest BCUT2D eigenvalue weighted by molar-refractivity contribution is -0.267. The number of allylic oxidation sites excluding steroid dienone is 1. The number of carbonyl (C=O) groups excluding carboxylic acids is 1. The predicted molar refractivity (Wildman–Crippen MR) is 163 cm³/mol. The van der Waals surface area contributed by atoms with Crippen molar-refractivity contribution in [2.75, 3.05) is 19.8 Å². The Morgan fingerprint density at radius 2 is 1.76 bits per heavy atom. The number of carboxylic acids is 1. The normalized spacial score (nSPS) is 47.8. The molecule has 2 bridgehead atoms. The van der Waals surface area contributed by atoms with Crippen molar-refractivity contribution < 1.29 is 28.9 Å². The lowest BCUT2D eigenvalue weighted by Gasteiger charge is -2.71. The molecule has 3 unspecified atom stereocenters. The van der Waals surface area contributed by atoms with Crippen LogP contribution in [0.3, 0.4) is 0 Å². The fourth-order valence-corrected chi connectivity index (χ4v) is 11.4. The van der Waals surface area contributed by atoms with E-state index in [9.17, 15) is 14.7 Å². The largest absolute Gasteiger partial charge is 0.481 e. The van der Waals surface area contributed by atoms with E-state index in [-0.39, 0.29) is 57.2 Å². The number of carboxylic acid groups (broad SMARTS) is 1. The maximum atomic E-state index is 13.3. The first-order valence-electron chi connectivity index (χ1n) is 16.5. The van der Waals surface area contributed by atoms with Crippen LogP contribution in [0.15, 0.2) is 11.6 Å². The molecule has 0 aromatic rings. The average Bonchev–Trinajstić information content (AvgIpc) is 2.87. The monoisotopic (exact) mass is 587 g/mol. The first-order valence-corrected chi connectivity index (χ1v) is 16.5. The number of ether oxygens (including phenoxy) is 3. The fraction of sp³-hybridized carbons (Fsp3) is 0.886. The lowest BCUT2D eigenvalue weighted by Crippen LogP contribution is -2.70. The van der Waals surface area contributed by atoms with Crippen LogP contribution in [0.25, 0.3) is 0 Å². The molecule has 0 amide bonds. The van der Waals surface area contributed by atoms with E-state index in [0.717, 1.165) is 32.1 Å². The Kier molecular flexibility index (Phi) is 8.05. The highest BCUT2D eigenvalue weighted by Crippen LogP contribution is 2.75. The minimum atomic E-state index is -0.641. The zero-order valence-corrected chi connectivity index (χ0v) is 27.6. The van der Waals surface area contributed by atoms with Crippen LogP contribution in [0.1, 0.15) is 101 Å². The van der Waals surface area contributed by atoms with Gasteiger partial charge in [0, 0.05) is 23.8 Å². The number of esters is 1. The molecule has 238 valence electrons. The van der Waals surface area contributed by atoms with Gasteiger partial charge in [-0.2, -0.15) is 0 Å². The summed E-state index contributed by atoms with van der Waals surface area (Å²) in [6.07, 6.45) is 7.23. The zero-order chi connectivity index (χ0) is 31.0. The van der Waals surface area contributed by atoms with E-state index >= 15 is 0 Å². The molecule has 42 heavy (non-hydrogen) atoms. The first kappa shape index (κ1) is 32.0. The van der Waals surface area contributed by atoms with Crippen molar-refractivity contribution in [2.45, 2.75) is 119 Å². The molecule has 0 aromatic carbocycles. The van der Waals surface area contributed by atoms with Gasteiger partial charge < -0.3 is 25.1 Å². The SMILES string of the molecule is CC(=O)O[C@@H]1C[C@@]23COCC(C)(C2CC[C@H]2C3=CC[C@@]3(C)[C@H](C(=O)O)[C@@](C)([C@H](C)C(C)C)CC[C@]23C)[C@H]1OCC(C)N. The van der Waals surface area contributed by atoms with Crippen molar-refractivity contribution in [2.24, 2.45) is 62.4 Å². The summed E-state index contributed by atoms with van der Waals surface area (Å²) in [4.78, 5) is 25.7. The number of aliphatic carboxylic acids is 1. The lowest BCUT2D eigenvalue weighted by atomic mass is 9.34. The average molecular weight is 588 g/mol. The molecule has 0 aromatic heterocycles. The van der Waals surface area contributed by atoms with E-state index in [1.807, 2.05) is 6.92 Å². The fourth-order valence-electron chi connectivity index (χ4n) is 11.4. The van der Waals surface area contributed by atoms with Crippen LogP contribution >= 0.6 is 0 Å². The summed E-state index contributed by atoms with van der Waals surface area (Å²) < 4.78 is 19.1. The third-order valence-electron chi connectivity index (χ3n) is 13.9. The van der Waals surface area contributed by atoms with Crippen LogP contribution < -0.4 is 5.73 Å². The predicted octanol–water partition coefficient (Wildman–Crippen LogP) is 6.24. The van der Waals surface area contributed by atoms with Gasteiger partial charge in [0.1, 0.15) is 12.2 Å². The molecule has 1 heterocycles. The molecule has 4 aliphatic carbocycles. The maximum Gasteiger partial charge on any atom is 0.307 e. The number of hydrogen-bond acceptors (Lipinski definition) is 6. The van der Waals surface area contributed by atoms with Crippen LogP contribution in [0.2, 0.25) is 0 Å². The second-order valence-corrected chi connectivity index (χ2v) is 16.4. The summed E-state index contributed by atoms with van der Waals surface area (Å²) in [7, 11) is 0. The van der Waals surface area contributed by atoms with Gasteiger partial charge in [0.05, 0.1) is 25.7 Å². The Morgan fingerprint density at radius 1 is 1.07 bits per heavy atom. The molecule has 4 fully saturated rings. The summed E-state index contributed by atoms with van der Waals surface area (Å²) in [5, 5.41) is 10.9. The second-order valence-electron chi connectivity index (χ2n) is 16.4. The number of rotatable bonds is 7. The van der Waals surface area contributed by atoms with E-state index in [2.05, 4.69) is 54.5 Å². The van der Waals surface area contributed by atoms with Gasteiger partial charge in [0.25, 0.3) is 0 Å². The van der Waals surface area contributed by atoms with Gasteiger partial charge in [-0.05, 0) is 85.4 Å². The number of nitrogens with two attached hydrogens (primary N) is 1. The molecular weight excluding hydrogens is 530 g/mol. The van der Waals surface area contributed by atoms with Crippen molar-refractivity contribution >= 4 is 11.9 Å².